The summed E-state index contributed by atoms with van der Waals surface area (Å²) in [5, 5.41) is 9.13. The molecular formula is C11H17N3O2. The van der Waals surface area contributed by atoms with Gasteiger partial charge >= 0.3 is 0 Å². The molecule has 1 aliphatic rings. The third-order valence-corrected chi connectivity index (χ3v) is 3.05. The van der Waals surface area contributed by atoms with E-state index in [9.17, 15) is 4.79 Å². The normalized spacial score (nSPS) is 20.3. The van der Waals surface area contributed by atoms with Crippen LogP contribution in [0.15, 0.2) is 18.7 Å². The van der Waals surface area contributed by atoms with Crippen LogP contribution in [0.3, 0.4) is 0 Å². The average molecular weight is 223 g/mol. The van der Waals surface area contributed by atoms with Crippen LogP contribution in [0.4, 0.5) is 0 Å². The molecule has 0 saturated carbocycles. The van der Waals surface area contributed by atoms with Gasteiger partial charge in [0.05, 0.1) is 19.0 Å². The van der Waals surface area contributed by atoms with Gasteiger partial charge in [0.25, 0.3) is 0 Å². The second-order valence-corrected chi connectivity index (χ2v) is 4.12. The molecule has 5 nitrogen and oxygen atoms in total. The van der Waals surface area contributed by atoms with Gasteiger partial charge in [0.1, 0.15) is 0 Å². The highest BCUT2D eigenvalue weighted by Crippen LogP contribution is 2.17. The number of hydrogen-bond acceptors (Lipinski definition) is 3. The summed E-state index contributed by atoms with van der Waals surface area (Å²) in [6, 6.07) is 0.0373. The van der Waals surface area contributed by atoms with Crippen LogP contribution in [0.2, 0.25) is 0 Å². The minimum atomic E-state index is 0.0373. The first kappa shape index (κ1) is 11.1. The van der Waals surface area contributed by atoms with E-state index >= 15 is 0 Å². The molecule has 0 radical (unpaired) electrons. The number of aromatic nitrogens is 2. The van der Waals surface area contributed by atoms with Gasteiger partial charge in [0.2, 0.25) is 5.91 Å². The summed E-state index contributed by atoms with van der Waals surface area (Å²) in [7, 11) is 0. The molecule has 0 aromatic carbocycles. The summed E-state index contributed by atoms with van der Waals surface area (Å²) in [4.78, 5) is 17.6. The fourth-order valence-electron chi connectivity index (χ4n) is 2.14. The van der Waals surface area contributed by atoms with Crippen molar-refractivity contribution in [2.45, 2.75) is 31.8 Å². The first-order valence-electron chi connectivity index (χ1n) is 5.67. The average Bonchev–Trinajstić information content (AvgIpc) is 2.96. The van der Waals surface area contributed by atoms with E-state index in [-0.39, 0.29) is 18.6 Å². The Morgan fingerprint density at radius 1 is 1.56 bits per heavy atom. The van der Waals surface area contributed by atoms with E-state index in [2.05, 4.69) is 4.98 Å². The summed E-state index contributed by atoms with van der Waals surface area (Å²) in [6.07, 6.45) is 7.67. The molecule has 1 N–H and O–H groups in total. The number of rotatable bonds is 4. The van der Waals surface area contributed by atoms with E-state index in [1.165, 1.54) is 0 Å². The highest BCUT2D eigenvalue weighted by atomic mass is 16.3. The number of imidazole rings is 1. The molecule has 2 heterocycles. The molecule has 0 bridgehead atoms. The predicted molar refractivity (Wildman–Crippen MR) is 58.7 cm³/mol. The molecule has 1 amide bonds. The number of amides is 1. The lowest BCUT2D eigenvalue weighted by Crippen LogP contribution is -2.37. The fourth-order valence-corrected chi connectivity index (χ4v) is 2.14. The molecule has 5 heteroatoms. The monoisotopic (exact) mass is 223 g/mol. The van der Waals surface area contributed by atoms with Gasteiger partial charge in [0.15, 0.2) is 0 Å². The number of likely N-dealkylation sites (tertiary alicyclic amines) is 1. The van der Waals surface area contributed by atoms with Gasteiger partial charge in [-0.25, -0.2) is 4.98 Å². The number of carbonyl (C=O) groups is 1. The number of aliphatic hydroxyl groups excluding tert-OH is 1. The van der Waals surface area contributed by atoms with Crippen LogP contribution in [0.5, 0.6) is 0 Å². The maximum atomic E-state index is 11.9. The predicted octanol–water partition coefficient (Wildman–Crippen LogP) is 0.257. The third kappa shape index (κ3) is 2.41. The summed E-state index contributed by atoms with van der Waals surface area (Å²) in [6.45, 7) is 1.53. The summed E-state index contributed by atoms with van der Waals surface area (Å²) in [5.41, 5.74) is 0. The molecular weight excluding hydrogens is 206 g/mol. The van der Waals surface area contributed by atoms with Crippen molar-refractivity contribution in [2.75, 3.05) is 13.2 Å². The number of carbonyl (C=O) groups excluding carboxylic acids is 1. The Labute approximate surface area is 94.7 Å². The summed E-state index contributed by atoms with van der Waals surface area (Å²) in [5.74, 6) is 0.130. The quantitative estimate of drug-likeness (QED) is 0.796. The van der Waals surface area contributed by atoms with Gasteiger partial charge < -0.3 is 14.6 Å². The van der Waals surface area contributed by atoms with Crippen LogP contribution in [-0.2, 0) is 11.3 Å². The second kappa shape index (κ2) is 5.12. The smallest absolute Gasteiger partial charge is 0.224 e. The minimum Gasteiger partial charge on any atom is -0.394 e. The lowest BCUT2D eigenvalue weighted by molar-refractivity contribution is -0.132. The maximum absolute atomic E-state index is 11.9. The molecule has 1 aromatic heterocycles. The van der Waals surface area contributed by atoms with Gasteiger partial charge in [-0.3, -0.25) is 4.79 Å². The van der Waals surface area contributed by atoms with Crippen molar-refractivity contribution in [1.29, 1.82) is 0 Å². The van der Waals surface area contributed by atoms with Gasteiger partial charge in [-0.1, -0.05) is 0 Å². The van der Waals surface area contributed by atoms with Gasteiger partial charge in [-0.15, -0.1) is 0 Å². The Morgan fingerprint density at radius 3 is 3.12 bits per heavy atom. The molecule has 0 unspecified atom stereocenters. The Hall–Kier alpha value is -1.36. The van der Waals surface area contributed by atoms with E-state index in [4.69, 9.17) is 5.11 Å². The number of aliphatic hydroxyl groups is 1. The summed E-state index contributed by atoms with van der Waals surface area (Å²) >= 11 is 0. The van der Waals surface area contributed by atoms with Gasteiger partial charge in [-0.05, 0) is 12.8 Å². The molecule has 1 fully saturated rings. The van der Waals surface area contributed by atoms with Crippen molar-refractivity contribution < 1.29 is 9.90 Å². The minimum absolute atomic E-state index is 0.0373. The molecule has 2 rings (SSSR count). The van der Waals surface area contributed by atoms with Gasteiger partial charge in [0, 0.05) is 31.9 Å². The lowest BCUT2D eigenvalue weighted by atomic mass is 10.2. The molecule has 1 atom stereocenters. The zero-order valence-corrected chi connectivity index (χ0v) is 9.25. The molecule has 1 aromatic rings. The Morgan fingerprint density at radius 2 is 2.44 bits per heavy atom. The van der Waals surface area contributed by atoms with Crippen LogP contribution < -0.4 is 0 Å². The first-order chi connectivity index (χ1) is 7.81. The first-order valence-corrected chi connectivity index (χ1v) is 5.67. The van der Waals surface area contributed by atoms with Crippen LogP contribution in [0, 0.1) is 0 Å². The maximum Gasteiger partial charge on any atom is 0.224 e. The second-order valence-electron chi connectivity index (χ2n) is 4.12. The third-order valence-electron chi connectivity index (χ3n) is 3.05. The highest BCUT2D eigenvalue weighted by Gasteiger charge is 2.27. The van der Waals surface area contributed by atoms with E-state index in [1.807, 2.05) is 10.8 Å². The number of nitrogens with zero attached hydrogens (tertiary/aromatic N) is 3. The van der Waals surface area contributed by atoms with Crippen molar-refractivity contribution in [3.63, 3.8) is 0 Å². The zero-order valence-electron chi connectivity index (χ0n) is 9.25. The van der Waals surface area contributed by atoms with Crippen molar-refractivity contribution in [3.8, 4) is 0 Å². The van der Waals surface area contributed by atoms with Crippen molar-refractivity contribution in [1.82, 2.24) is 14.5 Å². The van der Waals surface area contributed by atoms with Crippen molar-refractivity contribution in [2.24, 2.45) is 0 Å². The van der Waals surface area contributed by atoms with Crippen molar-refractivity contribution in [3.05, 3.63) is 18.7 Å². The highest BCUT2D eigenvalue weighted by molar-refractivity contribution is 5.76. The molecule has 88 valence electrons. The zero-order chi connectivity index (χ0) is 11.4. The van der Waals surface area contributed by atoms with Crippen LogP contribution in [0.25, 0.3) is 0 Å². The summed E-state index contributed by atoms with van der Waals surface area (Å²) < 4.78 is 1.89. The van der Waals surface area contributed by atoms with E-state index in [0.717, 1.165) is 19.4 Å². The Bertz CT molecular complexity index is 337. The topological polar surface area (TPSA) is 58.4 Å². The van der Waals surface area contributed by atoms with Crippen LogP contribution in [0.1, 0.15) is 19.3 Å². The Balaban J connectivity index is 1.83. The molecule has 1 saturated heterocycles. The lowest BCUT2D eigenvalue weighted by Gasteiger charge is -2.23. The van der Waals surface area contributed by atoms with Crippen LogP contribution >= 0.6 is 0 Å². The SMILES string of the molecule is O=C(CCn1ccnc1)N1CCC[C@@H]1CO. The number of aryl methyl sites for hydroxylation is 1. The van der Waals surface area contributed by atoms with E-state index in [1.54, 1.807) is 17.4 Å². The van der Waals surface area contributed by atoms with Crippen LogP contribution in [-0.4, -0.2) is 44.7 Å². The molecule has 1 aliphatic heterocycles. The van der Waals surface area contributed by atoms with Gasteiger partial charge in [-0.2, -0.15) is 0 Å². The molecule has 0 aliphatic carbocycles. The Kier molecular flexibility index (Phi) is 3.56. The van der Waals surface area contributed by atoms with E-state index in [0.29, 0.717) is 13.0 Å². The number of hydrogen-bond donors (Lipinski definition) is 1. The standard InChI is InChI=1S/C11H17N3O2/c15-8-10-2-1-5-14(10)11(16)3-6-13-7-4-12-9-13/h4,7,9-10,15H,1-3,5-6,8H2/t10-/m1/s1. The largest absolute Gasteiger partial charge is 0.394 e. The van der Waals surface area contributed by atoms with E-state index < -0.39 is 0 Å². The van der Waals surface area contributed by atoms with Crippen molar-refractivity contribution >= 4 is 5.91 Å². The molecule has 0 spiro atoms. The fraction of sp³-hybridized carbons (Fsp3) is 0.636. The molecule has 16 heavy (non-hydrogen) atoms.